The van der Waals surface area contributed by atoms with Crippen molar-refractivity contribution in [2.45, 2.75) is 11.1 Å². The molecule has 0 unspecified atom stereocenters. The van der Waals surface area contributed by atoms with E-state index in [1.54, 1.807) is 34.1 Å². The van der Waals surface area contributed by atoms with Crippen LogP contribution in [0.15, 0.2) is 53.4 Å². The third-order valence-electron chi connectivity index (χ3n) is 4.45. The molecule has 2 aromatic rings. The lowest BCUT2D eigenvalue weighted by Gasteiger charge is -2.35. The van der Waals surface area contributed by atoms with E-state index in [1.807, 2.05) is 0 Å². The molecule has 0 atom stereocenters. The van der Waals surface area contributed by atoms with Gasteiger partial charge in [0.05, 0.1) is 11.1 Å². The van der Waals surface area contributed by atoms with Crippen molar-refractivity contribution in [1.29, 1.82) is 0 Å². The topological polar surface area (TPSA) is 40.6 Å². The molecule has 0 spiro atoms. The molecule has 27 heavy (non-hydrogen) atoms. The Morgan fingerprint density at radius 1 is 0.815 bits per heavy atom. The summed E-state index contributed by atoms with van der Waals surface area (Å²) in [6, 6.07) is 11.1. The fraction of sp³-hybridized carbons (Fsp3) is 0.263. The van der Waals surface area contributed by atoms with Crippen molar-refractivity contribution in [3.63, 3.8) is 0 Å². The zero-order chi connectivity index (χ0) is 19.6. The standard InChI is InChI=1S/C19H17F3N2O2S/c20-19(21,22)14-7-5-13(6-8-14)17(25)23-9-11-24(12-10-23)18(26)15-3-1-2-4-16(15)27/h1-8,27H,9-12H2. The number of alkyl halides is 3. The molecule has 1 fully saturated rings. The van der Waals surface area contributed by atoms with Crippen LogP contribution < -0.4 is 0 Å². The van der Waals surface area contributed by atoms with Gasteiger partial charge < -0.3 is 9.80 Å². The molecule has 0 saturated carbocycles. The first-order chi connectivity index (χ1) is 12.8. The average molecular weight is 394 g/mol. The summed E-state index contributed by atoms with van der Waals surface area (Å²) in [5, 5.41) is 0. The maximum absolute atomic E-state index is 12.6. The van der Waals surface area contributed by atoms with Crippen LogP contribution in [0.25, 0.3) is 0 Å². The molecule has 8 heteroatoms. The van der Waals surface area contributed by atoms with Crippen LogP contribution in [-0.4, -0.2) is 47.8 Å². The van der Waals surface area contributed by atoms with Crippen molar-refractivity contribution in [3.05, 3.63) is 65.2 Å². The predicted octanol–water partition coefficient (Wildman–Crippen LogP) is 3.59. The second kappa shape index (κ2) is 7.64. The normalized spacial score (nSPS) is 15.0. The Bertz CT molecular complexity index is 845. The van der Waals surface area contributed by atoms with Gasteiger partial charge in [0.15, 0.2) is 0 Å². The Kier molecular flexibility index (Phi) is 5.46. The summed E-state index contributed by atoms with van der Waals surface area (Å²) in [7, 11) is 0. The van der Waals surface area contributed by atoms with E-state index in [2.05, 4.69) is 12.6 Å². The van der Waals surface area contributed by atoms with Crippen LogP contribution in [-0.2, 0) is 6.18 Å². The predicted molar refractivity (Wildman–Crippen MR) is 96.9 cm³/mol. The molecule has 2 aromatic carbocycles. The zero-order valence-corrected chi connectivity index (χ0v) is 15.1. The Balaban J connectivity index is 1.63. The Labute approximate surface area is 160 Å². The minimum atomic E-state index is -4.43. The van der Waals surface area contributed by atoms with Crippen LogP contribution in [0.4, 0.5) is 13.2 Å². The quantitative estimate of drug-likeness (QED) is 0.791. The van der Waals surface area contributed by atoms with Crippen molar-refractivity contribution in [2.24, 2.45) is 0 Å². The van der Waals surface area contributed by atoms with Crippen LogP contribution in [0.5, 0.6) is 0 Å². The zero-order valence-electron chi connectivity index (χ0n) is 14.2. The van der Waals surface area contributed by atoms with Gasteiger partial charge in [0, 0.05) is 36.6 Å². The maximum atomic E-state index is 12.6. The smallest absolute Gasteiger partial charge is 0.335 e. The van der Waals surface area contributed by atoms with E-state index < -0.39 is 11.7 Å². The first-order valence-corrected chi connectivity index (χ1v) is 8.76. The Hall–Kier alpha value is -2.48. The number of hydrogen-bond acceptors (Lipinski definition) is 3. The second-order valence-electron chi connectivity index (χ2n) is 6.18. The highest BCUT2D eigenvalue weighted by atomic mass is 32.1. The minimum absolute atomic E-state index is 0.151. The van der Waals surface area contributed by atoms with Gasteiger partial charge in [0.1, 0.15) is 0 Å². The van der Waals surface area contributed by atoms with Crippen molar-refractivity contribution >= 4 is 24.4 Å². The van der Waals surface area contributed by atoms with Crippen molar-refractivity contribution in [2.75, 3.05) is 26.2 Å². The summed E-state index contributed by atoms with van der Waals surface area (Å²) >= 11 is 4.29. The highest BCUT2D eigenvalue weighted by Crippen LogP contribution is 2.29. The van der Waals surface area contributed by atoms with Gasteiger partial charge in [-0.25, -0.2) is 0 Å². The van der Waals surface area contributed by atoms with E-state index in [0.29, 0.717) is 36.6 Å². The third-order valence-corrected chi connectivity index (χ3v) is 4.84. The van der Waals surface area contributed by atoms with Gasteiger partial charge in [-0.2, -0.15) is 13.2 Å². The molecular formula is C19H17F3N2O2S. The summed E-state index contributed by atoms with van der Waals surface area (Å²) in [6.07, 6.45) is -4.43. The molecule has 1 saturated heterocycles. The third kappa shape index (κ3) is 4.27. The van der Waals surface area contributed by atoms with Gasteiger partial charge in [0.2, 0.25) is 0 Å². The van der Waals surface area contributed by atoms with E-state index in [-0.39, 0.29) is 17.4 Å². The first-order valence-electron chi connectivity index (χ1n) is 8.31. The van der Waals surface area contributed by atoms with Crippen molar-refractivity contribution in [3.8, 4) is 0 Å². The van der Waals surface area contributed by atoms with E-state index in [9.17, 15) is 22.8 Å². The van der Waals surface area contributed by atoms with E-state index in [4.69, 9.17) is 0 Å². The van der Waals surface area contributed by atoms with Gasteiger partial charge in [-0.1, -0.05) is 12.1 Å². The van der Waals surface area contributed by atoms with Gasteiger partial charge in [-0.3, -0.25) is 9.59 Å². The van der Waals surface area contributed by atoms with Crippen LogP contribution in [0, 0.1) is 0 Å². The molecule has 142 valence electrons. The van der Waals surface area contributed by atoms with E-state index >= 15 is 0 Å². The number of nitrogens with zero attached hydrogens (tertiary/aromatic N) is 2. The molecule has 1 aliphatic heterocycles. The molecule has 0 N–H and O–H groups in total. The van der Waals surface area contributed by atoms with Gasteiger partial charge in [-0.15, -0.1) is 12.6 Å². The number of benzene rings is 2. The number of rotatable bonds is 2. The second-order valence-corrected chi connectivity index (χ2v) is 6.66. The number of piperazine rings is 1. The summed E-state index contributed by atoms with van der Waals surface area (Å²) in [5.74, 6) is -0.493. The monoisotopic (exact) mass is 394 g/mol. The molecule has 4 nitrogen and oxygen atoms in total. The largest absolute Gasteiger partial charge is 0.416 e. The lowest BCUT2D eigenvalue weighted by molar-refractivity contribution is -0.137. The number of thiol groups is 1. The molecular weight excluding hydrogens is 377 g/mol. The Morgan fingerprint density at radius 2 is 1.33 bits per heavy atom. The fourth-order valence-corrected chi connectivity index (χ4v) is 3.18. The number of carbonyl (C=O) groups excluding carboxylic acids is 2. The van der Waals surface area contributed by atoms with E-state index in [1.165, 1.54) is 12.1 Å². The van der Waals surface area contributed by atoms with Crippen LogP contribution in [0.2, 0.25) is 0 Å². The molecule has 1 aliphatic rings. The average Bonchev–Trinajstić information content (AvgIpc) is 2.67. The molecule has 0 radical (unpaired) electrons. The van der Waals surface area contributed by atoms with Crippen LogP contribution in [0.3, 0.4) is 0 Å². The van der Waals surface area contributed by atoms with Gasteiger partial charge in [0.25, 0.3) is 11.8 Å². The number of hydrogen-bond donors (Lipinski definition) is 1. The lowest BCUT2D eigenvalue weighted by atomic mass is 10.1. The summed E-state index contributed by atoms with van der Waals surface area (Å²) in [4.78, 5) is 28.8. The Morgan fingerprint density at radius 3 is 1.85 bits per heavy atom. The SMILES string of the molecule is O=C(c1ccc(C(F)(F)F)cc1)N1CCN(C(=O)c2ccccc2S)CC1. The lowest BCUT2D eigenvalue weighted by Crippen LogP contribution is -2.50. The number of halogens is 3. The van der Waals surface area contributed by atoms with Crippen LogP contribution >= 0.6 is 12.6 Å². The maximum Gasteiger partial charge on any atom is 0.416 e. The molecule has 0 aliphatic carbocycles. The van der Waals surface area contributed by atoms with Crippen molar-refractivity contribution < 1.29 is 22.8 Å². The van der Waals surface area contributed by atoms with Gasteiger partial charge in [-0.05, 0) is 36.4 Å². The molecule has 0 bridgehead atoms. The highest BCUT2D eigenvalue weighted by Gasteiger charge is 2.31. The highest BCUT2D eigenvalue weighted by molar-refractivity contribution is 7.80. The molecule has 1 heterocycles. The number of carbonyl (C=O) groups is 2. The minimum Gasteiger partial charge on any atom is -0.335 e. The van der Waals surface area contributed by atoms with Crippen molar-refractivity contribution in [1.82, 2.24) is 9.80 Å². The van der Waals surface area contributed by atoms with Gasteiger partial charge >= 0.3 is 6.18 Å². The molecule has 0 aromatic heterocycles. The fourth-order valence-electron chi connectivity index (χ4n) is 2.92. The summed E-state index contributed by atoms with van der Waals surface area (Å²) < 4.78 is 37.9. The first kappa shape index (κ1) is 19.3. The molecule has 3 rings (SSSR count). The van der Waals surface area contributed by atoms with Crippen LogP contribution in [0.1, 0.15) is 26.3 Å². The summed E-state index contributed by atoms with van der Waals surface area (Å²) in [5.41, 5.74) is -0.0910. The number of amides is 2. The van der Waals surface area contributed by atoms with E-state index in [0.717, 1.165) is 12.1 Å². The summed E-state index contributed by atoms with van der Waals surface area (Å²) in [6.45, 7) is 1.35. The molecule has 2 amide bonds.